The van der Waals surface area contributed by atoms with E-state index in [1.165, 1.54) is 6.07 Å². The van der Waals surface area contributed by atoms with Crippen molar-refractivity contribution in [2.24, 2.45) is 5.73 Å². The van der Waals surface area contributed by atoms with Crippen LogP contribution in [0.2, 0.25) is 0 Å². The van der Waals surface area contributed by atoms with E-state index in [0.717, 1.165) is 0 Å². The van der Waals surface area contributed by atoms with E-state index in [4.69, 9.17) is 5.73 Å². The molecule has 1 aromatic rings. The summed E-state index contributed by atoms with van der Waals surface area (Å²) in [4.78, 5) is 10.8. The third kappa shape index (κ3) is 2.96. The SMILES string of the molecule is CCS(=O)(=O)c1ccccc1NCC(N)=O. The molecular formula is C10H14N2O3S. The van der Waals surface area contributed by atoms with E-state index in [0.29, 0.717) is 5.69 Å². The van der Waals surface area contributed by atoms with Crippen molar-refractivity contribution < 1.29 is 13.2 Å². The van der Waals surface area contributed by atoms with Crippen molar-refractivity contribution in [2.45, 2.75) is 11.8 Å². The Hall–Kier alpha value is -1.56. The van der Waals surface area contributed by atoms with Crippen LogP contribution in [0, 0.1) is 0 Å². The summed E-state index contributed by atoms with van der Waals surface area (Å²) in [5, 5.41) is 2.70. The number of hydrogen-bond acceptors (Lipinski definition) is 4. The van der Waals surface area contributed by atoms with Gasteiger partial charge in [-0.1, -0.05) is 19.1 Å². The average molecular weight is 242 g/mol. The lowest BCUT2D eigenvalue weighted by Crippen LogP contribution is -2.22. The molecule has 0 atom stereocenters. The summed E-state index contributed by atoms with van der Waals surface area (Å²) in [5.74, 6) is -0.522. The number of amides is 1. The highest BCUT2D eigenvalue weighted by atomic mass is 32.2. The maximum atomic E-state index is 11.7. The smallest absolute Gasteiger partial charge is 0.236 e. The van der Waals surface area contributed by atoms with Crippen molar-refractivity contribution >= 4 is 21.4 Å². The fourth-order valence-electron chi connectivity index (χ4n) is 1.22. The minimum absolute atomic E-state index is 0.0161. The zero-order valence-corrected chi connectivity index (χ0v) is 9.75. The number of nitrogens with two attached hydrogens (primary N) is 1. The van der Waals surface area contributed by atoms with Crippen molar-refractivity contribution in [2.75, 3.05) is 17.6 Å². The van der Waals surface area contributed by atoms with Gasteiger partial charge in [0.05, 0.1) is 22.9 Å². The van der Waals surface area contributed by atoms with Crippen LogP contribution in [0.3, 0.4) is 0 Å². The molecule has 1 rings (SSSR count). The predicted molar refractivity (Wildman–Crippen MR) is 61.9 cm³/mol. The van der Waals surface area contributed by atoms with Crippen LogP contribution in [-0.4, -0.2) is 26.6 Å². The number of carbonyl (C=O) groups is 1. The van der Waals surface area contributed by atoms with Gasteiger partial charge in [-0.25, -0.2) is 8.42 Å². The van der Waals surface area contributed by atoms with Crippen LogP contribution in [0.1, 0.15) is 6.92 Å². The van der Waals surface area contributed by atoms with Gasteiger partial charge >= 0.3 is 0 Å². The Morgan fingerprint density at radius 1 is 1.38 bits per heavy atom. The monoisotopic (exact) mass is 242 g/mol. The lowest BCUT2D eigenvalue weighted by atomic mass is 10.3. The Balaban J connectivity index is 3.06. The minimum atomic E-state index is -3.29. The summed E-state index contributed by atoms with van der Waals surface area (Å²) < 4.78 is 23.4. The first kappa shape index (κ1) is 12.5. The van der Waals surface area contributed by atoms with Gasteiger partial charge in [0, 0.05) is 0 Å². The van der Waals surface area contributed by atoms with Gasteiger partial charge in [0.15, 0.2) is 9.84 Å². The first-order valence-corrected chi connectivity index (χ1v) is 6.46. The number of para-hydroxylation sites is 1. The van der Waals surface area contributed by atoms with Gasteiger partial charge < -0.3 is 11.1 Å². The number of anilines is 1. The molecular weight excluding hydrogens is 228 g/mol. The summed E-state index contributed by atoms with van der Waals surface area (Å²) in [6.07, 6.45) is 0. The second-order valence-electron chi connectivity index (χ2n) is 3.22. The average Bonchev–Trinajstić information content (AvgIpc) is 2.26. The minimum Gasteiger partial charge on any atom is -0.375 e. The normalized spacial score (nSPS) is 11.1. The Morgan fingerprint density at radius 3 is 2.56 bits per heavy atom. The van der Waals surface area contributed by atoms with Crippen molar-refractivity contribution in [3.63, 3.8) is 0 Å². The molecule has 0 aliphatic heterocycles. The molecule has 5 nitrogen and oxygen atoms in total. The lowest BCUT2D eigenvalue weighted by molar-refractivity contribution is -0.116. The zero-order chi connectivity index (χ0) is 12.2. The number of sulfone groups is 1. The second-order valence-corrected chi connectivity index (χ2v) is 5.47. The number of rotatable bonds is 5. The van der Waals surface area contributed by atoms with E-state index in [-0.39, 0.29) is 17.2 Å². The van der Waals surface area contributed by atoms with Gasteiger partial charge in [0.25, 0.3) is 0 Å². The summed E-state index contributed by atoms with van der Waals surface area (Å²) in [5.41, 5.74) is 5.39. The van der Waals surface area contributed by atoms with Gasteiger partial charge in [-0.15, -0.1) is 0 Å². The zero-order valence-electron chi connectivity index (χ0n) is 8.93. The highest BCUT2D eigenvalue weighted by molar-refractivity contribution is 7.91. The molecule has 88 valence electrons. The summed E-state index contributed by atoms with van der Waals surface area (Å²) in [7, 11) is -3.29. The van der Waals surface area contributed by atoms with E-state index in [1.54, 1.807) is 25.1 Å². The van der Waals surface area contributed by atoms with Crippen molar-refractivity contribution in [1.29, 1.82) is 0 Å². The number of benzene rings is 1. The second kappa shape index (κ2) is 4.98. The van der Waals surface area contributed by atoms with Gasteiger partial charge in [-0.05, 0) is 12.1 Å². The van der Waals surface area contributed by atoms with Gasteiger partial charge in [0.1, 0.15) is 0 Å². The largest absolute Gasteiger partial charge is 0.375 e. The van der Waals surface area contributed by atoms with E-state index in [9.17, 15) is 13.2 Å². The molecule has 0 aromatic heterocycles. The fourth-order valence-corrected chi connectivity index (χ4v) is 2.29. The molecule has 1 amide bonds. The molecule has 0 heterocycles. The Morgan fingerprint density at radius 2 is 2.00 bits per heavy atom. The number of nitrogens with one attached hydrogen (secondary N) is 1. The maximum absolute atomic E-state index is 11.7. The van der Waals surface area contributed by atoms with Crippen LogP contribution in [0.5, 0.6) is 0 Å². The van der Waals surface area contributed by atoms with E-state index in [2.05, 4.69) is 5.32 Å². The quantitative estimate of drug-likeness (QED) is 0.781. The molecule has 1 aromatic carbocycles. The molecule has 0 unspecified atom stereocenters. The van der Waals surface area contributed by atoms with Crippen LogP contribution in [0.15, 0.2) is 29.2 Å². The molecule has 0 fully saturated rings. The first-order valence-electron chi connectivity index (χ1n) is 4.81. The van der Waals surface area contributed by atoms with Crippen LogP contribution in [-0.2, 0) is 14.6 Å². The molecule has 0 saturated carbocycles. The Kier molecular flexibility index (Phi) is 3.89. The van der Waals surface area contributed by atoms with Crippen LogP contribution >= 0.6 is 0 Å². The van der Waals surface area contributed by atoms with Crippen molar-refractivity contribution in [1.82, 2.24) is 0 Å². The molecule has 6 heteroatoms. The fraction of sp³-hybridized carbons (Fsp3) is 0.300. The van der Waals surface area contributed by atoms with Crippen LogP contribution in [0.25, 0.3) is 0 Å². The van der Waals surface area contributed by atoms with E-state index >= 15 is 0 Å². The third-order valence-electron chi connectivity index (χ3n) is 2.06. The third-order valence-corrected chi connectivity index (χ3v) is 3.84. The molecule has 16 heavy (non-hydrogen) atoms. The van der Waals surface area contributed by atoms with Crippen LogP contribution in [0.4, 0.5) is 5.69 Å². The summed E-state index contributed by atoms with van der Waals surface area (Å²) in [6, 6.07) is 6.43. The first-order chi connectivity index (χ1) is 7.47. The number of carbonyl (C=O) groups excluding carboxylic acids is 1. The summed E-state index contributed by atoms with van der Waals surface area (Å²) >= 11 is 0. The van der Waals surface area contributed by atoms with Crippen LogP contribution < -0.4 is 11.1 Å². The predicted octanol–water partition coefficient (Wildman–Crippen LogP) is 0.377. The molecule has 0 aliphatic carbocycles. The molecule has 0 aliphatic rings. The van der Waals surface area contributed by atoms with Crippen molar-refractivity contribution in [3.8, 4) is 0 Å². The topological polar surface area (TPSA) is 89.3 Å². The van der Waals surface area contributed by atoms with Gasteiger partial charge in [0.2, 0.25) is 5.91 Å². The molecule has 0 saturated heterocycles. The van der Waals surface area contributed by atoms with Crippen molar-refractivity contribution in [3.05, 3.63) is 24.3 Å². The molecule has 0 bridgehead atoms. The molecule has 0 radical (unpaired) electrons. The summed E-state index contributed by atoms with van der Waals surface area (Å²) in [6.45, 7) is 1.48. The highest BCUT2D eigenvalue weighted by Gasteiger charge is 2.15. The molecule has 3 N–H and O–H groups in total. The lowest BCUT2D eigenvalue weighted by Gasteiger charge is -2.10. The standard InChI is InChI=1S/C10H14N2O3S/c1-2-16(14,15)9-6-4-3-5-8(9)12-7-10(11)13/h3-6,12H,2,7H2,1H3,(H2,11,13). The van der Waals surface area contributed by atoms with E-state index in [1.807, 2.05) is 0 Å². The van der Waals surface area contributed by atoms with E-state index < -0.39 is 15.7 Å². The maximum Gasteiger partial charge on any atom is 0.236 e. The van der Waals surface area contributed by atoms with Gasteiger partial charge in [-0.3, -0.25) is 4.79 Å². The Bertz CT molecular complexity index is 483. The highest BCUT2D eigenvalue weighted by Crippen LogP contribution is 2.21. The Labute approximate surface area is 94.6 Å². The van der Waals surface area contributed by atoms with Gasteiger partial charge in [-0.2, -0.15) is 0 Å². The molecule has 0 spiro atoms. The number of hydrogen-bond donors (Lipinski definition) is 2. The number of primary amides is 1.